The molecule has 2 unspecified atom stereocenters. The monoisotopic (exact) mass is 303 g/mol. The predicted octanol–water partition coefficient (Wildman–Crippen LogP) is 0.530. The molecule has 1 amide bonds. The second-order valence-corrected chi connectivity index (χ2v) is 5.97. The van der Waals surface area contributed by atoms with Gasteiger partial charge in [0.15, 0.2) is 0 Å². The van der Waals surface area contributed by atoms with Gasteiger partial charge < -0.3 is 20.3 Å². The van der Waals surface area contributed by atoms with Gasteiger partial charge in [-0.25, -0.2) is 0 Å². The molecule has 0 bridgehead atoms. The van der Waals surface area contributed by atoms with Gasteiger partial charge in [-0.1, -0.05) is 0 Å². The van der Waals surface area contributed by atoms with Crippen molar-refractivity contribution in [3.63, 3.8) is 0 Å². The fourth-order valence-corrected chi connectivity index (χ4v) is 3.05. The lowest BCUT2D eigenvalue weighted by Gasteiger charge is -2.29. The lowest BCUT2D eigenvalue weighted by molar-refractivity contribution is -0.135. The molecular formula is C14H26ClN3O2. The normalized spacial score (nSPS) is 29.8. The maximum Gasteiger partial charge on any atom is 0.225 e. The Labute approximate surface area is 127 Å². The van der Waals surface area contributed by atoms with Gasteiger partial charge >= 0.3 is 0 Å². The summed E-state index contributed by atoms with van der Waals surface area (Å²) in [5, 5.41) is 6.78. The minimum absolute atomic E-state index is 0. The van der Waals surface area contributed by atoms with Gasteiger partial charge in [0.1, 0.15) is 0 Å². The highest BCUT2D eigenvalue weighted by atomic mass is 35.5. The lowest BCUT2D eigenvalue weighted by atomic mass is 10.1. The Hall–Kier alpha value is -0.360. The summed E-state index contributed by atoms with van der Waals surface area (Å²) in [5.41, 5.74) is 0. The van der Waals surface area contributed by atoms with Crippen LogP contribution in [0.25, 0.3) is 0 Å². The van der Waals surface area contributed by atoms with Crippen molar-refractivity contribution in [2.24, 2.45) is 0 Å². The number of hydrogen-bond acceptors (Lipinski definition) is 4. The van der Waals surface area contributed by atoms with E-state index < -0.39 is 0 Å². The molecule has 0 aromatic heterocycles. The van der Waals surface area contributed by atoms with Crippen LogP contribution >= 0.6 is 12.4 Å². The molecule has 0 aromatic carbocycles. The Morgan fingerprint density at radius 2 is 2.10 bits per heavy atom. The Balaban J connectivity index is 0.00000147. The molecule has 2 saturated heterocycles. The second-order valence-electron chi connectivity index (χ2n) is 5.97. The van der Waals surface area contributed by atoms with Crippen LogP contribution in [0.5, 0.6) is 0 Å². The SMILES string of the molecule is Cl.O=C(CC1CNCCO1)N(CC1CCCN1)C1CC1. The minimum atomic E-state index is 0. The molecule has 116 valence electrons. The van der Waals surface area contributed by atoms with E-state index in [4.69, 9.17) is 4.74 Å². The van der Waals surface area contributed by atoms with Crippen LogP contribution in [0.4, 0.5) is 0 Å². The zero-order chi connectivity index (χ0) is 13.1. The average molecular weight is 304 g/mol. The predicted molar refractivity (Wildman–Crippen MR) is 80.2 cm³/mol. The van der Waals surface area contributed by atoms with Crippen molar-refractivity contribution in [2.45, 2.75) is 50.3 Å². The third-order valence-corrected chi connectivity index (χ3v) is 4.29. The molecule has 1 aliphatic carbocycles. The molecule has 1 saturated carbocycles. The number of carbonyl (C=O) groups is 1. The van der Waals surface area contributed by atoms with E-state index in [2.05, 4.69) is 15.5 Å². The van der Waals surface area contributed by atoms with Crippen molar-refractivity contribution in [1.82, 2.24) is 15.5 Å². The molecule has 5 nitrogen and oxygen atoms in total. The summed E-state index contributed by atoms with van der Waals surface area (Å²) in [6.45, 7) is 4.44. The number of amides is 1. The number of ether oxygens (including phenoxy) is 1. The maximum absolute atomic E-state index is 12.5. The number of halogens is 1. The molecule has 2 aliphatic heterocycles. The van der Waals surface area contributed by atoms with E-state index in [1.807, 2.05) is 0 Å². The highest BCUT2D eigenvalue weighted by Crippen LogP contribution is 2.28. The van der Waals surface area contributed by atoms with E-state index in [-0.39, 0.29) is 24.4 Å². The molecule has 20 heavy (non-hydrogen) atoms. The summed E-state index contributed by atoms with van der Waals surface area (Å²) in [7, 11) is 0. The van der Waals surface area contributed by atoms with Crippen LogP contribution in [-0.4, -0.2) is 61.8 Å². The van der Waals surface area contributed by atoms with Crippen molar-refractivity contribution in [3.05, 3.63) is 0 Å². The Kier molecular flexibility index (Phi) is 6.08. The molecule has 6 heteroatoms. The third kappa shape index (κ3) is 4.32. The van der Waals surface area contributed by atoms with Gasteiger partial charge in [0.25, 0.3) is 0 Å². The molecule has 3 rings (SSSR count). The van der Waals surface area contributed by atoms with Crippen LogP contribution in [-0.2, 0) is 9.53 Å². The van der Waals surface area contributed by atoms with Crippen molar-refractivity contribution in [1.29, 1.82) is 0 Å². The van der Waals surface area contributed by atoms with E-state index >= 15 is 0 Å². The summed E-state index contributed by atoms with van der Waals surface area (Å²) in [4.78, 5) is 14.6. The molecule has 3 aliphatic rings. The van der Waals surface area contributed by atoms with E-state index in [1.165, 1.54) is 25.7 Å². The molecular weight excluding hydrogens is 278 g/mol. The topological polar surface area (TPSA) is 53.6 Å². The Morgan fingerprint density at radius 3 is 2.70 bits per heavy atom. The second kappa shape index (κ2) is 7.59. The van der Waals surface area contributed by atoms with E-state index in [0.717, 1.165) is 32.8 Å². The van der Waals surface area contributed by atoms with Gasteiger partial charge in [0.05, 0.1) is 19.1 Å². The first kappa shape index (κ1) is 16.0. The van der Waals surface area contributed by atoms with Crippen molar-refractivity contribution < 1.29 is 9.53 Å². The summed E-state index contributed by atoms with van der Waals surface area (Å²) in [6, 6.07) is 1.02. The van der Waals surface area contributed by atoms with Gasteiger partial charge in [-0.05, 0) is 32.2 Å². The summed E-state index contributed by atoms with van der Waals surface area (Å²) < 4.78 is 5.64. The molecule has 2 atom stereocenters. The van der Waals surface area contributed by atoms with Gasteiger partial charge in [0, 0.05) is 31.7 Å². The van der Waals surface area contributed by atoms with Gasteiger partial charge in [-0.3, -0.25) is 4.79 Å². The molecule has 0 radical (unpaired) electrons. The summed E-state index contributed by atoms with van der Waals surface area (Å²) in [5.74, 6) is 0.282. The number of carbonyl (C=O) groups excluding carboxylic acids is 1. The van der Waals surface area contributed by atoms with E-state index in [9.17, 15) is 4.79 Å². The van der Waals surface area contributed by atoms with Gasteiger partial charge in [0.2, 0.25) is 5.91 Å². The van der Waals surface area contributed by atoms with Crippen LogP contribution in [0, 0.1) is 0 Å². The summed E-state index contributed by atoms with van der Waals surface area (Å²) >= 11 is 0. The minimum Gasteiger partial charge on any atom is -0.375 e. The fourth-order valence-electron chi connectivity index (χ4n) is 3.05. The quantitative estimate of drug-likeness (QED) is 0.778. The number of nitrogens with zero attached hydrogens (tertiary/aromatic N) is 1. The van der Waals surface area contributed by atoms with Crippen LogP contribution in [0.1, 0.15) is 32.1 Å². The average Bonchev–Trinajstić information content (AvgIpc) is 3.14. The third-order valence-electron chi connectivity index (χ3n) is 4.29. The zero-order valence-corrected chi connectivity index (χ0v) is 12.8. The van der Waals surface area contributed by atoms with Crippen LogP contribution in [0.15, 0.2) is 0 Å². The number of morpholine rings is 1. The van der Waals surface area contributed by atoms with Crippen LogP contribution < -0.4 is 10.6 Å². The van der Waals surface area contributed by atoms with Crippen molar-refractivity contribution in [2.75, 3.05) is 32.8 Å². The van der Waals surface area contributed by atoms with Crippen LogP contribution in [0.3, 0.4) is 0 Å². The zero-order valence-electron chi connectivity index (χ0n) is 12.0. The highest BCUT2D eigenvalue weighted by Gasteiger charge is 2.35. The van der Waals surface area contributed by atoms with Crippen LogP contribution in [0.2, 0.25) is 0 Å². The number of nitrogens with one attached hydrogen (secondary N) is 2. The molecule has 0 aromatic rings. The molecule has 0 spiro atoms. The van der Waals surface area contributed by atoms with E-state index in [1.54, 1.807) is 0 Å². The Bertz CT molecular complexity index is 314. The molecule has 2 N–H and O–H groups in total. The number of hydrogen-bond donors (Lipinski definition) is 2. The first-order chi connectivity index (χ1) is 9.33. The first-order valence-corrected chi connectivity index (χ1v) is 7.68. The van der Waals surface area contributed by atoms with E-state index in [0.29, 0.717) is 18.5 Å². The largest absolute Gasteiger partial charge is 0.375 e. The molecule has 3 fully saturated rings. The lowest BCUT2D eigenvalue weighted by Crippen LogP contribution is -2.46. The standard InChI is InChI=1S/C14H25N3O2.ClH/c18-14(8-13-9-15-6-7-19-13)17(12-3-4-12)10-11-2-1-5-16-11;/h11-13,15-16H,1-10H2;1H. The van der Waals surface area contributed by atoms with Crippen molar-refractivity contribution >= 4 is 18.3 Å². The van der Waals surface area contributed by atoms with Gasteiger partial charge in [-0.2, -0.15) is 0 Å². The fraction of sp³-hybridized carbons (Fsp3) is 0.929. The molecule has 2 heterocycles. The maximum atomic E-state index is 12.5. The first-order valence-electron chi connectivity index (χ1n) is 7.68. The highest BCUT2D eigenvalue weighted by molar-refractivity contribution is 5.85. The summed E-state index contributed by atoms with van der Waals surface area (Å²) in [6.07, 6.45) is 5.42. The van der Waals surface area contributed by atoms with Gasteiger partial charge in [-0.15, -0.1) is 12.4 Å². The number of rotatable bonds is 5. The van der Waals surface area contributed by atoms with Crippen molar-refractivity contribution in [3.8, 4) is 0 Å². The Morgan fingerprint density at radius 1 is 1.25 bits per heavy atom. The smallest absolute Gasteiger partial charge is 0.225 e.